The number of hydrogen-bond acceptors (Lipinski definition) is 2. The summed E-state index contributed by atoms with van der Waals surface area (Å²) in [5, 5.41) is 0.0408. The number of benzene rings is 3. The Morgan fingerprint density at radius 3 is 2.16 bits per heavy atom. The van der Waals surface area contributed by atoms with Gasteiger partial charge in [0.2, 0.25) is 5.91 Å². The van der Waals surface area contributed by atoms with E-state index in [1.807, 2.05) is 53.4 Å². The molecular formula is C30H34BrFINO2Si. The Hall–Kier alpha value is -1.55. The summed E-state index contributed by atoms with van der Waals surface area (Å²) in [7, 11) is -2.10. The maximum atomic E-state index is 13.7. The van der Waals surface area contributed by atoms with Crippen LogP contribution in [0.5, 0.6) is 0 Å². The van der Waals surface area contributed by atoms with Gasteiger partial charge in [-0.1, -0.05) is 61.0 Å². The fraction of sp³-hybridized carbons (Fsp3) is 0.367. The number of anilines is 1. The zero-order chi connectivity index (χ0) is 27.0. The van der Waals surface area contributed by atoms with Crippen LogP contribution in [-0.4, -0.2) is 14.2 Å². The Balaban J connectivity index is 1.61. The summed E-state index contributed by atoms with van der Waals surface area (Å²) in [6, 6.07) is 22.9. The second-order valence-electron chi connectivity index (χ2n) is 11.3. The molecule has 0 aromatic heterocycles. The largest absolute Gasteiger partial charge is 0.410 e. The Morgan fingerprint density at radius 1 is 1.00 bits per heavy atom. The molecule has 1 saturated heterocycles. The lowest BCUT2D eigenvalue weighted by Gasteiger charge is -2.48. The van der Waals surface area contributed by atoms with Crippen molar-refractivity contribution in [1.82, 2.24) is 0 Å². The smallest absolute Gasteiger partial charge is 0.233 e. The fourth-order valence-corrected chi connectivity index (χ4v) is 6.54. The first kappa shape index (κ1) is 28.5. The summed E-state index contributed by atoms with van der Waals surface area (Å²) in [5.74, 6) is -0.266. The minimum Gasteiger partial charge on any atom is -0.410 e. The van der Waals surface area contributed by atoms with E-state index >= 15 is 0 Å². The molecule has 1 aliphatic heterocycles. The van der Waals surface area contributed by atoms with Crippen molar-refractivity contribution in [3.63, 3.8) is 0 Å². The van der Waals surface area contributed by atoms with E-state index in [1.165, 1.54) is 12.1 Å². The second kappa shape index (κ2) is 11.3. The highest BCUT2D eigenvalue weighted by Gasteiger charge is 2.49. The lowest BCUT2D eigenvalue weighted by molar-refractivity contribution is -0.131. The SMILES string of the molecule is CC(C)(C)[Si](C)(C)OC(CCC1C(=O)N(c2ccc(I)cc2)C1c1ccc(Br)cc1)c1ccc(F)cc1. The van der Waals surface area contributed by atoms with Gasteiger partial charge in [0.25, 0.3) is 0 Å². The lowest BCUT2D eigenvalue weighted by Crippen LogP contribution is -2.55. The van der Waals surface area contributed by atoms with E-state index in [1.54, 1.807) is 0 Å². The summed E-state index contributed by atoms with van der Waals surface area (Å²) in [5.41, 5.74) is 3.00. The van der Waals surface area contributed by atoms with Crippen LogP contribution in [0.4, 0.5) is 10.1 Å². The van der Waals surface area contributed by atoms with Gasteiger partial charge >= 0.3 is 0 Å². The highest BCUT2D eigenvalue weighted by atomic mass is 127. The maximum Gasteiger partial charge on any atom is 0.233 e. The van der Waals surface area contributed by atoms with Crippen molar-refractivity contribution in [3.8, 4) is 0 Å². The standard InChI is InChI=1S/C30H34BrFINO2Si/c1-30(2,3)37(4,5)36-27(20-8-12-23(32)13-9-20)19-18-26-28(21-6-10-22(31)11-7-21)34(29(26)35)25-16-14-24(33)15-17-25/h6-17,26-28H,18-19H2,1-5H3. The van der Waals surface area contributed by atoms with E-state index < -0.39 is 8.32 Å². The van der Waals surface area contributed by atoms with Crippen LogP contribution in [0.2, 0.25) is 18.1 Å². The van der Waals surface area contributed by atoms with Gasteiger partial charge in [0, 0.05) is 13.7 Å². The van der Waals surface area contributed by atoms with E-state index in [0.717, 1.165) is 24.9 Å². The molecule has 4 rings (SSSR count). The van der Waals surface area contributed by atoms with Crippen molar-refractivity contribution < 1.29 is 13.6 Å². The average molecular weight is 694 g/mol. The van der Waals surface area contributed by atoms with Crippen molar-refractivity contribution in [1.29, 1.82) is 0 Å². The molecule has 0 N–H and O–H groups in total. The van der Waals surface area contributed by atoms with Crippen LogP contribution in [0.1, 0.15) is 56.9 Å². The van der Waals surface area contributed by atoms with Crippen LogP contribution in [0.25, 0.3) is 0 Å². The van der Waals surface area contributed by atoms with Crippen molar-refractivity contribution in [2.45, 2.75) is 63.9 Å². The van der Waals surface area contributed by atoms with E-state index in [-0.39, 0.29) is 34.8 Å². The molecule has 1 heterocycles. The minimum absolute atomic E-state index is 0.0394. The minimum atomic E-state index is -2.10. The number of carbonyl (C=O) groups excluding carboxylic acids is 1. The molecule has 0 spiro atoms. The van der Waals surface area contributed by atoms with Crippen LogP contribution < -0.4 is 4.90 Å². The zero-order valence-corrected chi connectivity index (χ0v) is 26.7. The highest BCUT2D eigenvalue weighted by Crippen LogP contribution is 2.48. The first-order chi connectivity index (χ1) is 17.4. The number of carbonyl (C=O) groups is 1. The molecule has 3 unspecified atom stereocenters. The van der Waals surface area contributed by atoms with Gasteiger partial charge in [-0.25, -0.2) is 4.39 Å². The molecule has 1 aliphatic rings. The molecule has 3 nitrogen and oxygen atoms in total. The summed E-state index contributed by atoms with van der Waals surface area (Å²) in [6.07, 6.45) is 1.20. The van der Waals surface area contributed by atoms with Gasteiger partial charge in [0.1, 0.15) is 5.82 Å². The summed E-state index contributed by atoms with van der Waals surface area (Å²) >= 11 is 5.81. The molecule has 3 aromatic carbocycles. The van der Waals surface area contributed by atoms with Gasteiger partial charge in [-0.2, -0.15) is 0 Å². The van der Waals surface area contributed by atoms with Gasteiger partial charge in [0.05, 0.1) is 18.1 Å². The molecule has 196 valence electrons. The third-order valence-electron chi connectivity index (χ3n) is 7.75. The van der Waals surface area contributed by atoms with Crippen LogP contribution in [0, 0.1) is 15.3 Å². The first-order valence-electron chi connectivity index (χ1n) is 12.6. The number of rotatable bonds is 8. The summed E-state index contributed by atoms with van der Waals surface area (Å²) < 4.78 is 22.7. The highest BCUT2D eigenvalue weighted by molar-refractivity contribution is 14.1. The molecule has 1 amide bonds. The average Bonchev–Trinajstić information content (AvgIpc) is 2.83. The molecule has 37 heavy (non-hydrogen) atoms. The van der Waals surface area contributed by atoms with Gasteiger partial charge in [-0.05, 0) is 113 Å². The van der Waals surface area contributed by atoms with Crippen molar-refractivity contribution in [2.24, 2.45) is 5.92 Å². The predicted molar refractivity (Wildman–Crippen MR) is 164 cm³/mol. The van der Waals surface area contributed by atoms with Crippen LogP contribution in [0.15, 0.2) is 77.3 Å². The molecular weight excluding hydrogens is 660 g/mol. The summed E-state index contributed by atoms with van der Waals surface area (Å²) in [4.78, 5) is 15.5. The van der Waals surface area contributed by atoms with Crippen LogP contribution >= 0.6 is 38.5 Å². The Morgan fingerprint density at radius 2 is 1.59 bits per heavy atom. The van der Waals surface area contributed by atoms with Crippen LogP contribution in [0.3, 0.4) is 0 Å². The van der Waals surface area contributed by atoms with Gasteiger partial charge in [-0.3, -0.25) is 4.79 Å². The first-order valence-corrected chi connectivity index (χ1v) is 17.4. The molecule has 1 fully saturated rings. The Bertz CT molecular complexity index is 1230. The third kappa shape index (κ3) is 6.37. The number of hydrogen-bond donors (Lipinski definition) is 0. The lowest BCUT2D eigenvalue weighted by atomic mass is 9.78. The van der Waals surface area contributed by atoms with Crippen molar-refractivity contribution in [3.05, 3.63) is 97.8 Å². The monoisotopic (exact) mass is 693 g/mol. The molecule has 3 aromatic rings. The Kier molecular flexibility index (Phi) is 8.68. The molecule has 3 atom stereocenters. The second-order valence-corrected chi connectivity index (χ2v) is 18.2. The molecule has 0 bridgehead atoms. The van der Waals surface area contributed by atoms with Gasteiger partial charge in [-0.15, -0.1) is 0 Å². The molecule has 0 saturated carbocycles. The van der Waals surface area contributed by atoms with Crippen LogP contribution in [-0.2, 0) is 9.22 Å². The number of halogens is 3. The third-order valence-corrected chi connectivity index (χ3v) is 13.5. The number of amides is 1. The van der Waals surface area contributed by atoms with E-state index in [0.29, 0.717) is 12.8 Å². The normalized spacial score (nSPS) is 19.0. The quantitative estimate of drug-likeness (QED) is 0.134. The number of β-lactam (4-membered cyclic amide) rings is 1. The molecule has 7 heteroatoms. The molecule has 0 radical (unpaired) electrons. The zero-order valence-electron chi connectivity index (χ0n) is 22.0. The van der Waals surface area contributed by atoms with Crippen molar-refractivity contribution >= 4 is 58.4 Å². The fourth-order valence-electron chi connectivity index (χ4n) is 4.60. The predicted octanol–water partition coefficient (Wildman–Crippen LogP) is 9.44. The van der Waals surface area contributed by atoms with Crippen molar-refractivity contribution in [2.75, 3.05) is 4.90 Å². The topological polar surface area (TPSA) is 29.5 Å². The van der Waals surface area contributed by atoms with Gasteiger partial charge < -0.3 is 9.33 Å². The summed E-state index contributed by atoms with van der Waals surface area (Å²) in [6.45, 7) is 11.1. The van der Waals surface area contributed by atoms with E-state index in [9.17, 15) is 9.18 Å². The Labute approximate surface area is 243 Å². The number of nitrogens with zero attached hydrogens (tertiary/aromatic N) is 1. The molecule has 0 aliphatic carbocycles. The van der Waals surface area contributed by atoms with E-state index in [4.69, 9.17) is 4.43 Å². The maximum absolute atomic E-state index is 13.7. The van der Waals surface area contributed by atoms with Gasteiger partial charge in [0.15, 0.2) is 8.32 Å². The van der Waals surface area contributed by atoms with E-state index in [2.05, 4.69) is 84.5 Å².